The topological polar surface area (TPSA) is 117 Å². The van der Waals surface area contributed by atoms with Crippen molar-refractivity contribution in [2.75, 3.05) is 59.6 Å². The average Bonchev–Trinajstić information content (AvgIpc) is 3.20. The molecule has 336 valence electrons. The second-order valence-electron chi connectivity index (χ2n) is 16.3. The van der Waals surface area contributed by atoms with E-state index in [4.69, 9.17) is 9.47 Å². The quantitative estimate of drug-likeness (QED) is 0.0468. The lowest BCUT2D eigenvalue weighted by Gasteiger charge is -2.26. The molecule has 4 amide bonds. The first-order valence-electron chi connectivity index (χ1n) is 24.1. The fourth-order valence-corrected chi connectivity index (χ4v) is 7.20. The Balaban J connectivity index is 4.38. The van der Waals surface area contributed by atoms with Crippen molar-refractivity contribution >= 4 is 23.6 Å². The Morgan fingerprint density at radius 3 is 1.19 bits per heavy atom. The Labute approximate surface area is 351 Å². The zero-order valence-corrected chi connectivity index (χ0v) is 38.1. The lowest BCUT2D eigenvalue weighted by molar-refractivity contribution is -0.150. The fourth-order valence-electron chi connectivity index (χ4n) is 7.20. The SMILES string of the molecule is CCCCCCCCN(CCCCCCCC)C(=O)COCC(=O)NCCCCCCCNC(=O)C(OC)C(=O)N(CCCCCCCC)CCCCCCCC. The summed E-state index contributed by atoms with van der Waals surface area (Å²) < 4.78 is 11.0. The minimum absolute atomic E-state index is 0.0144. The van der Waals surface area contributed by atoms with E-state index < -0.39 is 6.10 Å². The number of rotatable bonds is 43. The number of hydrogen-bond donors (Lipinski definition) is 2. The maximum Gasteiger partial charge on any atom is 0.261 e. The van der Waals surface area contributed by atoms with E-state index in [2.05, 4.69) is 38.3 Å². The molecule has 0 fully saturated rings. The summed E-state index contributed by atoms with van der Waals surface area (Å²) in [6, 6.07) is 0. The van der Waals surface area contributed by atoms with E-state index in [-0.39, 0.29) is 36.8 Å². The summed E-state index contributed by atoms with van der Waals surface area (Å²) in [6.07, 6.45) is 31.7. The molecule has 0 aliphatic rings. The van der Waals surface area contributed by atoms with Crippen LogP contribution in [-0.4, -0.2) is 99.1 Å². The Kier molecular flexibility index (Phi) is 40.3. The summed E-state index contributed by atoms with van der Waals surface area (Å²) in [7, 11) is 1.45. The number of carbonyl (C=O) groups excluding carboxylic acids is 4. The normalized spacial score (nSPS) is 11.7. The first-order chi connectivity index (χ1) is 27.9. The molecule has 0 aromatic rings. The third-order valence-electron chi connectivity index (χ3n) is 10.9. The van der Waals surface area contributed by atoms with Crippen LogP contribution in [0.3, 0.4) is 0 Å². The van der Waals surface area contributed by atoms with E-state index in [1.54, 1.807) is 0 Å². The number of nitrogens with one attached hydrogen (secondary N) is 2. The van der Waals surface area contributed by atoms with E-state index in [1.807, 2.05) is 9.80 Å². The van der Waals surface area contributed by atoms with Crippen LogP contribution in [-0.2, 0) is 28.7 Å². The third kappa shape index (κ3) is 33.3. The first kappa shape index (κ1) is 54.8. The molecular weight excluding hydrogens is 717 g/mol. The van der Waals surface area contributed by atoms with Gasteiger partial charge in [-0.3, -0.25) is 19.2 Å². The van der Waals surface area contributed by atoms with E-state index in [0.29, 0.717) is 26.2 Å². The summed E-state index contributed by atoms with van der Waals surface area (Å²) in [5.41, 5.74) is 0. The highest BCUT2D eigenvalue weighted by atomic mass is 16.5. The van der Waals surface area contributed by atoms with Crippen molar-refractivity contribution in [1.82, 2.24) is 20.4 Å². The van der Waals surface area contributed by atoms with Crippen LogP contribution in [0.15, 0.2) is 0 Å². The molecule has 57 heavy (non-hydrogen) atoms. The molecule has 0 aromatic heterocycles. The maximum atomic E-state index is 13.5. The number of carbonyl (C=O) groups is 4. The predicted molar refractivity (Wildman–Crippen MR) is 237 cm³/mol. The van der Waals surface area contributed by atoms with Crippen molar-refractivity contribution in [1.29, 1.82) is 0 Å². The van der Waals surface area contributed by atoms with Gasteiger partial charge in [-0.2, -0.15) is 0 Å². The zero-order chi connectivity index (χ0) is 42.0. The molecule has 0 spiro atoms. The van der Waals surface area contributed by atoms with Crippen LogP contribution in [0.4, 0.5) is 0 Å². The van der Waals surface area contributed by atoms with Gasteiger partial charge in [0.05, 0.1) is 0 Å². The van der Waals surface area contributed by atoms with Crippen molar-refractivity contribution in [3.63, 3.8) is 0 Å². The summed E-state index contributed by atoms with van der Waals surface area (Å²) >= 11 is 0. The summed E-state index contributed by atoms with van der Waals surface area (Å²) in [6.45, 7) is 12.7. The summed E-state index contributed by atoms with van der Waals surface area (Å²) in [5.74, 6) is -0.776. The average molecular weight is 809 g/mol. The number of nitrogens with zero attached hydrogens (tertiary/aromatic N) is 2. The lowest BCUT2D eigenvalue weighted by Crippen LogP contribution is -2.49. The second kappa shape index (κ2) is 41.9. The van der Waals surface area contributed by atoms with Gasteiger partial charge in [0.1, 0.15) is 13.2 Å². The van der Waals surface area contributed by atoms with Gasteiger partial charge < -0.3 is 29.9 Å². The smallest absolute Gasteiger partial charge is 0.261 e. The van der Waals surface area contributed by atoms with Gasteiger partial charge in [0.15, 0.2) is 0 Å². The van der Waals surface area contributed by atoms with Gasteiger partial charge in [0.25, 0.3) is 11.8 Å². The van der Waals surface area contributed by atoms with Gasteiger partial charge in [-0.15, -0.1) is 0 Å². The maximum absolute atomic E-state index is 13.5. The Hall–Kier alpha value is -2.20. The Bertz CT molecular complexity index is 919. The minimum atomic E-state index is -1.11. The molecule has 0 radical (unpaired) electrons. The number of unbranched alkanes of at least 4 members (excludes halogenated alkanes) is 24. The first-order valence-corrected chi connectivity index (χ1v) is 24.1. The molecule has 0 saturated heterocycles. The van der Waals surface area contributed by atoms with E-state index in [0.717, 1.165) is 96.6 Å². The zero-order valence-electron chi connectivity index (χ0n) is 38.1. The van der Waals surface area contributed by atoms with Gasteiger partial charge >= 0.3 is 0 Å². The number of methoxy groups -OCH3 is 1. The number of hydrogen-bond acceptors (Lipinski definition) is 6. The van der Waals surface area contributed by atoms with E-state index in [9.17, 15) is 19.2 Å². The van der Waals surface area contributed by atoms with Crippen LogP contribution in [0.2, 0.25) is 0 Å². The third-order valence-corrected chi connectivity index (χ3v) is 10.9. The molecule has 0 aromatic carbocycles. The summed E-state index contributed by atoms with van der Waals surface area (Å²) in [5, 5.41) is 5.84. The van der Waals surface area contributed by atoms with Gasteiger partial charge in [-0.1, -0.05) is 175 Å². The van der Waals surface area contributed by atoms with Gasteiger partial charge in [0.2, 0.25) is 17.9 Å². The molecule has 2 N–H and O–H groups in total. The summed E-state index contributed by atoms with van der Waals surface area (Å²) in [4.78, 5) is 55.6. The number of amides is 4. The van der Waals surface area contributed by atoms with Crippen molar-refractivity contribution in [3.05, 3.63) is 0 Å². The highest BCUT2D eigenvalue weighted by molar-refractivity contribution is 6.03. The Morgan fingerprint density at radius 2 is 0.789 bits per heavy atom. The van der Waals surface area contributed by atoms with Crippen LogP contribution >= 0.6 is 0 Å². The van der Waals surface area contributed by atoms with Crippen LogP contribution in [0.1, 0.15) is 214 Å². The lowest BCUT2D eigenvalue weighted by atomic mass is 10.1. The largest absolute Gasteiger partial charge is 0.362 e. The molecule has 0 saturated carbocycles. The number of ether oxygens (including phenoxy) is 2. The molecule has 0 aliphatic heterocycles. The van der Waals surface area contributed by atoms with Crippen molar-refractivity contribution in [3.8, 4) is 0 Å². The van der Waals surface area contributed by atoms with Crippen LogP contribution < -0.4 is 10.6 Å². The second-order valence-corrected chi connectivity index (χ2v) is 16.3. The molecule has 0 aliphatic carbocycles. The van der Waals surface area contributed by atoms with Crippen LogP contribution in [0, 0.1) is 0 Å². The van der Waals surface area contributed by atoms with Crippen molar-refractivity contribution in [2.45, 2.75) is 220 Å². The monoisotopic (exact) mass is 809 g/mol. The van der Waals surface area contributed by atoms with E-state index in [1.165, 1.54) is 110 Å². The molecular formula is C47H92N4O6. The van der Waals surface area contributed by atoms with Gasteiger partial charge in [0, 0.05) is 46.4 Å². The minimum Gasteiger partial charge on any atom is -0.362 e. The van der Waals surface area contributed by atoms with Crippen LogP contribution in [0.25, 0.3) is 0 Å². The Morgan fingerprint density at radius 1 is 0.439 bits per heavy atom. The van der Waals surface area contributed by atoms with Gasteiger partial charge in [-0.25, -0.2) is 0 Å². The highest BCUT2D eigenvalue weighted by Crippen LogP contribution is 2.13. The van der Waals surface area contributed by atoms with Crippen molar-refractivity contribution < 1.29 is 28.7 Å². The standard InChI is InChI=1S/C47H92N4O6/c1-6-10-14-18-25-31-37-50(38-32-26-19-15-11-7-2)44(53)42-57-41-43(52)48-35-29-23-22-24-30-36-49-46(54)45(56-5)47(55)51(39-33-27-20-16-12-8-3)40-34-28-21-17-13-9-4/h45H,6-42H2,1-5H3,(H,48,52)(H,49,54). The highest BCUT2D eigenvalue weighted by Gasteiger charge is 2.30. The molecule has 0 heterocycles. The predicted octanol–water partition coefficient (Wildman–Crippen LogP) is 10.3. The molecule has 0 bridgehead atoms. The molecule has 10 nitrogen and oxygen atoms in total. The molecule has 1 unspecified atom stereocenters. The van der Waals surface area contributed by atoms with Gasteiger partial charge in [-0.05, 0) is 38.5 Å². The molecule has 1 atom stereocenters. The fraction of sp³-hybridized carbons (Fsp3) is 0.915. The van der Waals surface area contributed by atoms with Crippen molar-refractivity contribution in [2.24, 2.45) is 0 Å². The molecule has 0 rings (SSSR count). The molecule has 10 heteroatoms. The van der Waals surface area contributed by atoms with E-state index >= 15 is 0 Å². The van der Waals surface area contributed by atoms with Crippen LogP contribution in [0.5, 0.6) is 0 Å².